The van der Waals surface area contributed by atoms with E-state index in [4.69, 9.17) is 4.74 Å². The monoisotopic (exact) mass is 306 g/mol. The van der Waals surface area contributed by atoms with E-state index in [9.17, 15) is 14.4 Å². The summed E-state index contributed by atoms with van der Waals surface area (Å²) in [5, 5.41) is 5.22. The quantitative estimate of drug-likeness (QED) is 0.387. The summed E-state index contributed by atoms with van der Waals surface area (Å²) in [6.45, 7) is 2.89. The first kappa shape index (κ1) is 17.7. The second-order valence-electron chi connectivity index (χ2n) is 4.90. The van der Waals surface area contributed by atoms with Crippen LogP contribution in [0.5, 0.6) is 5.75 Å². The van der Waals surface area contributed by atoms with Gasteiger partial charge in [0.1, 0.15) is 5.75 Å². The van der Waals surface area contributed by atoms with E-state index >= 15 is 0 Å². The van der Waals surface area contributed by atoms with Crippen LogP contribution in [-0.2, 0) is 9.59 Å². The second kappa shape index (κ2) is 9.55. The van der Waals surface area contributed by atoms with Crippen LogP contribution < -0.4 is 15.4 Å². The third-order valence-electron chi connectivity index (χ3n) is 3.14. The van der Waals surface area contributed by atoms with Gasteiger partial charge in [-0.25, -0.2) is 0 Å². The number of methoxy groups -OCH3 is 1. The molecular formula is C16H22N2O4. The molecule has 1 aromatic rings. The molecule has 0 unspecified atom stereocenters. The number of aryl methyl sites for hydroxylation is 1. The van der Waals surface area contributed by atoms with Gasteiger partial charge in [-0.15, -0.1) is 0 Å². The predicted octanol–water partition coefficient (Wildman–Crippen LogP) is 1.22. The van der Waals surface area contributed by atoms with Crippen molar-refractivity contribution in [3.8, 4) is 5.75 Å². The fraction of sp³-hybridized carbons (Fsp3) is 0.438. The van der Waals surface area contributed by atoms with Crippen LogP contribution in [0.4, 0.5) is 0 Å². The van der Waals surface area contributed by atoms with Crippen LogP contribution in [-0.4, -0.2) is 38.3 Å². The van der Waals surface area contributed by atoms with Crippen LogP contribution in [0, 0.1) is 6.92 Å². The molecule has 2 amide bonds. The van der Waals surface area contributed by atoms with Crippen molar-refractivity contribution in [3.05, 3.63) is 29.3 Å². The van der Waals surface area contributed by atoms with Gasteiger partial charge in [-0.2, -0.15) is 0 Å². The first-order chi connectivity index (χ1) is 10.6. The molecule has 6 nitrogen and oxygen atoms in total. The zero-order valence-electron chi connectivity index (χ0n) is 13.0. The van der Waals surface area contributed by atoms with Crippen LogP contribution in [0.1, 0.15) is 35.2 Å². The highest BCUT2D eigenvalue weighted by molar-refractivity contribution is 6.00. The molecule has 120 valence electrons. The number of nitrogens with one attached hydrogen (secondary N) is 2. The smallest absolute Gasteiger partial charge is 0.220 e. The predicted molar refractivity (Wildman–Crippen MR) is 83.0 cm³/mol. The molecule has 0 fully saturated rings. The maximum absolute atomic E-state index is 12.2. The van der Waals surface area contributed by atoms with Crippen molar-refractivity contribution in [1.82, 2.24) is 10.6 Å². The number of hydrogen-bond donors (Lipinski definition) is 2. The number of benzene rings is 1. The molecule has 2 N–H and O–H groups in total. The van der Waals surface area contributed by atoms with E-state index in [1.165, 1.54) is 7.11 Å². The summed E-state index contributed by atoms with van der Waals surface area (Å²) in [6.07, 6.45) is 1.55. The molecule has 0 aromatic heterocycles. The first-order valence-electron chi connectivity index (χ1n) is 7.20. The molecule has 22 heavy (non-hydrogen) atoms. The van der Waals surface area contributed by atoms with Gasteiger partial charge in [0, 0.05) is 25.9 Å². The Hall–Kier alpha value is -2.37. The van der Waals surface area contributed by atoms with E-state index < -0.39 is 0 Å². The van der Waals surface area contributed by atoms with E-state index in [2.05, 4.69) is 10.6 Å². The zero-order chi connectivity index (χ0) is 16.4. The van der Waals surface area contributed by atoms with E-state index in [1.54, 1.807) is 12.1 Å². The highest BCUT2D eigenvalue weighted by atomic mass is 16.5. The molecule has 0 saturated carbocycles. The van der Waals surface area contributed by atoms with Gasteiger partial charge in [-0.05, 0) is 25.5 Å². The third kappa shape index (κ3) is 5.95. The van der Waals surface area contributed by atoms with Crippen LogP contribution >= 0.6 is 0 Å². The summed E-state index contributed by atoms with van der Waals surface area (Å²) in [4.78, 5) is 33.9. The standard InChI is InChI=1S/C16H22N2O4/c1-12-4-6-15(22-2)13(10-12)14(20)5-7-16(21)18-9-3-8-17-11-19/h4,6,10-11H,3,5,7-9H2,1-2H3,(H,17,19)(H,18,21). The largest absolute Gasteiger partial charge is 0.496 e. The molecule has 0 heterocycles. The van der Waals surface area contributed by atoms with Crippen molar-refractivity contribution < 1.29 is 19.1 Å². The van der Waals surface area contributed by atoms with Crippen LogP contribution in [0.2, 0.25) is 0 Å². The van der Waals surface area contributed by atoms with Crippen LogP contribution in [0.25, 0.3) is 0 Å². The summed E-state index contributed by atoms with van der Waals surface area (Å²) in [5.41, 5.74) is 1.47. The van der Waals surface area contributed by atoms with E-state index in [0.717, 1.165) is 5.56 Å². The summed E-state index contributed by atoms with van der Waals surface area (Å²) in [5.74, 6) is 0.236. The minimum absolute atomic E-state index is 0.113. The number of Topliss-reactive ketones (excluding diaryl/α,β-unsaturated/α-hetero) is 1. The topological polar surface area (TPSA) is 84.5 Å². The highest BCUT2D eigenvalue weighted by Crippen LogP contribution is 2.21. The Balaban J connectivity index is 2.41. The van der Waals surface area contributed by atoms with Crippen molar-refractivity contribution in [1.29, 1.82) is 0 Å². The second-order valence-corrected chi connectivity index (χ2v) is 4.90. The van der Waals surface area contributed by atoms with Gasteiger partial charge in [-0.3, -0.25) is 14.4 Å². The Morgan fingerprint density at radius 3 is 2.68 bits per heavy atom. The molecule has 1 aromatic carbocycles. The van der Waals surface area contributed by atoms with E-state index in [1.807, 2.05) is 13.0 Å². The number of ketones is 1. The molecule has 0 aliphatic carbocycles. The molecule has 0 radical (unpaired) electrons. The molecular weight excluding hydrogens is 284 g/mol. The average molecular weight is 306 g/mol. The molecule has 0 atom stereocenters. The van der Waals surface area contributed by atoms with Crippen LogP contribution in [0.15, 0.2) is 18.2 Å². The van der Waals surface area contributed by atoms with Crippen molar-refractivity contribution in [2.45, 2.75) is 26.2 Å². The zero-order valence-corrected chi connectivity index (χ0v) is 13.0. The van der Waals surface area contributed by atoms with Gasteiger partial charge in [0.15, 0.2) is 5.78 Å². The molecule has 6 heteroatoms. The number of rotatable bonds is 10. The maximum atomic E-state index is 12.2. The summed E-state index contributed by atoms with van der Waals surface area (Å²) in [6, 6.07) is 5.39. The normalized spacial score (nSPS) is 9.91. The van der Waals surface area contributed by atoms with E-state index in [0.29, 0.717) is 37.2 Å². The Labute approximate surface area is 130 Å². The van der Waals surface area contributed by atoms with Crippen molar-refractivity contribution >= 4 is 18.1 Å². The van der Waals surface area contributed by atoms with E-state index in [-0.39, 0.29) is 24.5 Å². The Bertz CT molecular complexity index is 529. The molecule has 0 aliphatic rings. The number of amides is 2. The Kier molecular flexibility index (Phi) is 7.67. The fourth-order valence-electron chi connectivity index (χ4n) is 1.97. The SMILES string of the molecule is COc1ccc(C)cc1C(=O)CCC(=O)NCCCNC=O. The Morgan fingerprint density at radius 1 is 1.23 bits per heavy atom. The Morgan fingerprint density at radius 2 is 2.00 bits per heavy atom. The van der Waals surface area contributed by atoms with Gasteiger partial charge in [0.05, 0.1) is 12.7 Å². The fourth-order valence-corrected chi connectivity index (χ4v) is 1.97. The number of hydrogen-bond acceptors (Lipinski definition) is 4. The summed E-state index contributed by atoms with van der Waals surface area (Å²) >= 11 is 0. The summed E-state index contributed by atoms with van der Waals surface area (Å²) in [7, 11) is 1.52. The first-order valence-corrected chi connectivity index (χ1v) is 7.20. The lowest BCUT2D eigenvalue weighted by Gasteiger charge is -2.09. The molecule has 0 spiro atoms. The average Bonchev–Trinajstić information content (AvgIpc) is 2.52. The minimum atomic E-state index is -0.175. The van der Waals surface area contributed by atoms with Crippen molar-refractivity contribution in [2.24, 2.45) is 0 Å². The van der Waals surface area contributed by atoms with Gasteiger partial charge in [0.2, 0.25) is 12.3 Å². The van der Waals surface area contributed by atoms with Gasteiger partial charge in [-0.1, -0.05) is 11.6 Å². The van der Waals surface area contributed by atoms with Gasteiger partial charge < -0.3 is 15.4 Å². The third-order valence-corrected chi connectivity index (χ3v) is 3.14. The summed E-state index contributed by atoms with van der Waals surface area (Å²) < 4.78 is 5.17. The lowest BCUT2D eigenvalue weighted by atomic mass is 10.0. The van der Waals surface area contributed by atoms with Gasteiger partial charge in [0.25, 0.3) is 0 Å². The lowest BCUT2D eigenvalue weighted by Crippen LogP contribution is -2.27. The molecule has 1 rings (SSSR count). The van der Waals surface area contributed by atoms with Crippen molar-refractivity contribution in [3.63, 3.8) is 0 Å². The minimum Gasteiger partial charge on any atom is -0.496 e. The number of carbonyl (C=O) groups is 3. The number of carbonyl (C=O) groups excluding carboxylic acids is 3. The molecule has 0 bridgehead atoms. The van der Waals surface area contributed by atoms with Gasteiger partial charge >= 0.3 is 0 Å². The van der Waals surface area contributed by atoms with Crippen LogP contribution in [0.3, 0.4) is 0 Å². The number of ether oxygens (including phenoxy) is 1. The molecule has 0 aliphatic heterocycles. The van der Waals surface area contributed by atoms with Crippen molar-refractivity contribution in [2.75, 3.05) is 20.2 Å². The molecule has 0 saturated heterocycles. The highest BCUT2D eigenvalue weighted by Gasteiger charge is 2.14. The maximum Gasteiger partial charge on any atom is 0.220 e. The lowest BCUT2D eigenvalue weighted by molar-refractivity contribution is -0.121.